The van der Waals surface area contributed by atoms with Crippen molar-refractivity contribution in [1.29, 1.82) is 0 Å². The highest BCUT2D eigenvalue weighted by Gasteiger charge is 2.05. The van der Waals surface area contributed by atoms with Crippen molar-refractivity contribution in [2.24, 2.45) is 0 Å². The molecule has 0 aliphatic carbocycles. The molecule has 0 spiro atoms. The standard InChI is InChI=1S/C11H11NO.C3H6.C2H6/c1-3-8(2)11(13)9-4-6-10(12)7-5-9;1-3-2;1-2/h3-7H,1-2,12H2;3H,1H2,2H3;1-2H3. The van der Waals surface area contributed by atoms with Crippen LogP contribution in [0.1, 0.15) is 31.1 Å². The Labute approximate surface area is 111 Å². The number of nitrogen functional groups attached to an aromatic ring is 1. The fourth-order valence-electron chi connectivity index (χ4n) is 0.913. The number of anilines is 1. The smallest absolute Gasteiger partial charge is 0.192 e. The van der Waals surface area contributed by atoms with Crippen LogP contribution >= 0.6 is 0 Å². The first kappa shape index (κ1) is 18.3. The molecule has 0 atom stereocenters. The van der Waals surface area contributed by atoms with Crippen molar-refractivity contribution < 1.29 is 4.79 Å². The summed E-state index contributed by atoms with van der Waals surface area (Å²) in [6, 6.07) is 6.71. The Morgan fingerprint density at radius 3 is 1.89 bits per heavy atom. The maximum atomic E-state index is 11.5. The number of hydrogen-bond acceptors (Lipinski definition) is 2. The van der Waals surface area contributed by atoms with Crippen LogP contribution in [0.25, 0.3) is 0 Å². The molecular weight excluding hydrogens is 222 g/mol. The Balaban J connectivity index is 0. The highest BCUT2D eigenvalue weighted by molar-refractivity contribution is 6.10. The van der Waals surface area contributed by atoms with E-state index in [2.05, 4.69) is 19.7 Å². The van der Waals surface area contributed by atoms with E-state index in [1.165, 1.54) is 6.08 Å². The minimum absolute atomic E-state index is 0.116. The van der Waals surface area contributed by atoms with Gasteiger partial charge in [-0.25, -0.2) is 0 Å². The summed E-state index contributed by atoms with van der Waals surface area (Å²) in [5, 5.41) is 0. The second-order valence-electron chi connectivity index (χ2n) is 3.09. The zero-order valence-electron chi connectivity index (χ0n) is 11.6. The van der Waals surface area contributed by atoms with Crippen molar-refractivity contribution in [1.82, 2.24) is 0 Å². The normalized spacial score (nSPS) is 7.72. The van der Waals surface area contributed by atoms with E-state index >= 15 is 0 Å². The molecule has 1 rings (SSSR count). The molecule has 0 amide bonds. The molecule has 1 aromatic rings. The average Bonchev–Trinajstić information content (AvgIpc) is 2.41. The van der Waals surface area contributed by atoms with Crippen LogP contribution in [0.3, 0.4) is 0 Å². The average molecular weight is 245 g/mol. The first-order valence-corrected chi connectivity index (χ1v) is 5.85. The van der Waals surface area contributed by atoms with Gasteiger partial charge in [-0.3, -0.25) is 4.79 Å². The van der Waals surface area contributed by atoms with Crippen LogP contribution in [0.4, 0.5) is 5.69 Å². The van der Waals surface area contributed by atoms with E-state index in [0.29, 0.717) is 16.8 Å². The first-order valence-electron chi connectivity index (χ1n) is 5.85. The van der Waals surface area contributed by atoms with Crippen LogP contribution in [-0.4, -0.2) is 5.78 Å². The summed E-state index contributed by atoms with van der Waals surface area (Å²) in [7, 11) is 0. The lowest BCUT2D eigenvalue weighted by molar-refractivity contribution is 0.103. The van der Waals surface area contributed by atoms with Gasteiger partial charge < -0.3 is 5.73 Å². The summed E-state index contributed by atoms with van der Waals surface area (Å²) >= 11 is 0. The summed E-state index contributed by atoms with van der Waals surface area (Å²) in [6.07, 6.45) is 3.19. The third-order valence-electron chi connectivity index (χ3n) is 1.71. The van der Waals surface area contributed by atoms with Crippen molar-refractivity contribution in [2.75, 3.05) is 5.73 Å². The molecule has 0 saturated heterocycles. The number of carbonyl (C=O) groups excluding carboxylic acids is 1. The predicted octanol–water partition coefficient (Wildman–Crippen LogP) is 4.41. The molecule has 2 heteroatoms. The lowest BCUT2D eigenvalue weighted by Gasteiger charge is -1.99. The Bertz CT molecular complexity index is 388. The Kier molecular flexibility index (Phi) is 11.6. The second kappa shape index (κ2) is 11.4. The molecule has 2 N–H and O–H groups in total. The molecule has 1 aromatic carbocycles. The molecule has 2 nitrogen and oxygen atoms in total. The Morgan fingerprint density at radius 2 is 1.56 bits per heavy atom. The fourth-order valence-corrected chi connectivity index (χ4v) is 0.913. The highest BCUT2D eigenvalue weighted by Crippen LogP contribution is 2.10. The van der Waals surface area contributed by atoms with Gasteiger partial charge in [0.25, 0.3) is 0 Å². The molecule has 0 aromatic heterocycles. The van der Waals surface area contributed by atoms with Gasteiger partial charge in [0.15, 0.2) is 5.78 Å². The van der Waals surface area contributed by atoms with E-state index in [1.54, 1.807) is 30.3 Å². The minimum atomic E-state index is -0.116. The summed E-state index contributed by atoms with van der Waals surface area (Å²) in [6.45, 7) is 16.3. The quantitative estimate of drug-likeness (QED) is 0.282. The molecule has 98 valence electrons. The van der Waals surface area contributed by atoms with E-state index in [-0.39, 0.29) is 5.78 Å². The van der Waals surface area contributed by atoms with Gasteiger partial charge in [-0.15, -0.1) is 6.58 Å². The summed E-state index contributed by atoms with van der Waals surface area (Å²) in [5.74, 6) is -0.116. The number of ketones is 1. The van der Waals surface area contributed by atoms with Crippen molar-refractivity contribution in [3.8, 4) is 0 Å². The fraction of sp³-hybridized carbons (Fsp3) is 0.188. The van der Waals surface area contributed by atoms with Crippen molar-refractivity contribution in [3.05, 3.63) is 67.3 Å². The minimum Gasteiger partial charge on any atom is -0.399 e. The van der Waals surface area contributed by atoms with Gasteiger partial charge >= 0.3 is 0 Å². The molecule has 0 bridgehead atoms. The largest absolute Gasteiger partial charge is 0.399 e. The van der Waals surface area contributed by atoms with Gasteiger partial charge in [-0.05, 0) is 31.2 Å². The third-order valence-corrected chi connectivity index (χ3v) is 1.71. The molecule has 18 heavy (non-hydrogen) atoms. The number of allylic oxidation sites excluding steroid dienone is 3. The molecule has 0 fully saturated rings. The highest BCUT2D eigenvalue weighted by atomic mass is 16.1. The van der Waals surface area contributed by atoms with E-state index in [1.807, 2.05) is 20.8 Å². The zero-order chi connectivity index (χ0) is 14.6. The molecule has 0 heterocycles. The van der Waals surface area contributed by atoms with Crippen LogP contribution in [0.15, 0.2) is 61.7 Å². The summed E-state index contributed by atoms with van der Waals surface area (Å²) < 4.78 is 0. The van der Waals surface area contributed by atoms with E-state index < -0.39 is 0 Å². The van der Waals surface area contributed by atoms with Gasteiger partial charge in [0, 0.05) is 16.8 Å². The monoisotopic (exact) mass is 245 g/mol. The van der Waals surface area contributed by atoms with Crippen molar-refractivity contribution in [3.63, 3.8) is 0 Å². The summed E-state index contributed by atoms with van der Waals surface area (Å²) in [4.78, 5) is 11.5. The number of hydrogen-bond donors (Lipinski definition) is 1. The molecule has 0 aliphatic rings. The lowest BCUT2D eigenvalue weighted by atomic mass is 10.0. The third kappa shape index (κ3) is 7.23. The van der Waals surface area contributed by atoms with Crippen LogP contribution in [0.5, 0.6) is 0 Å². The van der Waals surface area contributed by atoms with Crippen LogP contribution < -0.4 is 5.73 Å². The lowest BCUT2D eigenvalue weighted by Crippen LogP contribution is -2.00. The Morgan fingerprint density at radius 1 is 1.17 bits per heavy atom. The number of rotatable bonds is 3. The van der Waals surface area contributed by atoms with E-state index in [0.717, 1.165) is 0 Å². The van der Waals surface area contributed by atoms with Crippen molar-refractivity contribution in [2.45, 2.75) is 20.8 Å². The van der Waals surface area contributed by atoms with E-state index in [4.69, 9.17) is 5.73 Å². The van der Waals surface area contributed by atoms with Gasteiger partial charge in [0.2, 0.25) is 0 Å². The van der Waals surface area contributed by atoms with Gasteiger partial charge in [-0.2, -0.15) is 0 Å². The number of Topliss-reactive ketones (excluding diaryl/α,β-unsaturated/α-hetero) is 1. The number of carbonyl (C=O) groups is 1. The van der Waals surface area contributed by atoms with Crippen LogP contribution in [-0.2, 0) is 0 Å². The Hall–Kier alpha value is -2.09. The molecule has 0 saturated carbocycles. The van der Waals surface area contributed by atoms with Gasteiger partial charge in [-0.1, -0.05) is 39.2 Å². The van der Waals surface area contributed by atoms with Gasteiger partial charge in [0.1, 0.15) is 0 Å². The molecular formula is C16H23NO. The SMILES string of the molecule is C=CC.C=CC(=C)C(=O)c1ccc(N)cc1.CC. The maximum Gasteiger partial charge on any atom is 0.192 e. The van der Waals surface area contributed by atoms with E-state index in [9.17, 15) is 4.79 Å². The zero-order valence-corrected chi connectivity index (χ0v) is 11.6. The van der Waals surface area contributed by atoms with Crippen molar-refractivity contribution >= 4 is 11.5 Å². The van der Waals surface area contributed by atoms with Crippen LogP contribution in [0.2, 0.25) is 0 Å². The first-order chi connectivity index (χ1) is 8.56. The summed E-state index contributed by atoms with van der Waals surface area (Å²) in [5.41, 5.74) is 7.10. The molecule has 0 radical (unpaired) electrons. The molecule has 0 unspecified atom stereocenters. The maximum absolute atomic E-state index is 11.5. The topological polar surface area (TPSA) is 43.1 Å². The number of benzene rings is 1. The van der Waals surface area contributed by atoms with Crippen LogP contribution in [0, 0.1) is 0 Å². The molecule has 0 aliphatic heterocycles. The number of nitrogens with two attached hydrogens (primary N) is 1. The predicted molar refractivity (Wildman–Crippen MR) is 81.7 cm³/mol. The second-order valence-corrected chi connectivity index (χ2v) is 3.09. The van der Waals surface area contributed by atoms with Gasteiger partial charge in [0.05, 0.1) is 0 Å².